The lowest BCUT2D eigenvalue weighted by Crippen LogP contribution is -2.30. The van der Waals surface area contributed by atoms with Gasteiger partial charge in [0.05, 0.1) is 18.2 Å². The molecule has 8 heteroatoms. The van der Waals surface area contributed by atoms with Gasteiger partial charge in [0.15, 0.2) is 11.5 Å². The van der Waals surface area contributed by atoms with Crippen molar-refractivity contribution in [1.82, 2.24) is 9.55 Å². The van der Waals surface area contributed by atoms with Crippen LogP contribution >= 0.6 is 0 Å². The number of aromatic amines is 1. The van der Waals surface area contributed by atoms with E-state index in [1.54, 1.807) is 42.5 Å². The van der Waals surface area contributed by atoms with Gasteiger partial charge >= 0.3 is 5.69 Å². The van der Waals surface area contributed by atoms with Crippen molar-refractivity contribution in [3.8, 4) is 23.3 Å². The highest BCUT2D eigenvalue weighted by Gasteiger charge is 2.11. The van der Waals surface area contributed by atoms with Crippen LogP contribution in [0.2, 0.25) is 0 Å². The maximum Gasteiger partial charge on any atom is 0.328 e. The van der Waals surface area contributed by atoms with Gasteiger partial charge in [-0.05, 0) is 41.8 Å². The first-order valence-electron chi connectivity index (χ1n) is 9.36. The second-order valence-corrected chi connectivity index (χ2v) is 6.65. The summed E-state index contributed by atoms with van der Waals surface area (Å²) in [5, 5.41) is 10.3. The van der Waals surface area contributed by atoms with E-state index >= 15 is 0 Å². The highest BCUT2D eigenvalue weighted by Crippen LogP contribution is 2.36. The molecule has 4 rings (SSSR count). The van der Waals surface area contributed by atoms with E-state index in [0.717, 1.165) is 0 Å². The van der Waals surface area contributed by atoms with Crippen molar-refractivity contribution in [1.29, 1.82) is 5.26 Å². The number of para-hydroxylation sites is 2. The molecule has 1 heterocycles. The molecule has 31 heavy (non-hydrogen) atoms. The molecule has 0 fully saturated rings. The Bertz CT molecular complexity index is 1420. The molecule has 0 amide bonds. The monoisotopic (exact) mass is 417 g/mol. The molecule has 0 spiro atoms. The third-order valence-corrected chi connectivity index (χ3v) is 4.56. The Kier molecular flexibility index (Phi) is 5.49. The third-order valence-electron chi connectivity index (χ3n) is 4.56. The van der Waals surface area contributed by atoms with Gasteiger partial charge in [0.25, 0.3) is 5.56 Å². The molecule has 1 N–H and O–H groups in total. The normalized spacial score (nSPS) is 10.6. The van der Waals surface area contributed by atoms with Gasteiger partial charge in [-0.1, -0.05) is 12.1 Å². The van der Waals surface area contributed by atoms with Crippen LogP contribution < -0.4 is 20.7 Å². The number of aromatic nitrogens is 2. The molecule has 0 aliphatic heterocycles. The molecular weight excluding hydrogens is 401 g/mol. The Morgan fingerprint density at radius 3 is 2.58 bits per heavy atom. The largest absolute Gasteiger partial charge is 0.488 e. The highest BCUT2D eigenvalue weighted by atomic mass is 19.1. The second kappa shape index (κ2) is 8.55. The van der Waals surface area contributed by atoms with Gasteiger partial charge in [0.1, 0.15) is 18.2 Å². The molecule has 1 aromatic heterocycles. The van der Waals surface area contributed by atoms with E-state index in [1.165, 1.54) is 29.0 Å². The Labute approximate surface area is 175 Å². The second-order valence-electron chi connectivity index (χ2n) is 6.65. The summed E-state index contributed by atoms with van der Waals surface area (Å²) in [4.78, 5) is 25.1. The van der Waals surface area contributed by atoms with Gasteiger partial charge in [-0.15, -0.1) is 0 Å². The number of H-pyrrole nitrogens is 1. The van der Waals surface area contributed by atoms with Crippen molar-refractivity contribution in [3.63, 3.8) is 0 Å². The number of rotatable bonds is 6. The molecule has 0 aliphatic rings. The standard InChI is InChI=1S/C23H16FN3O4/c24-17-12-16-11-15(14-25)5-6-18(16)21(13-17)31-20-4-2-1-3-19(20)30-10-9-27-8-7-22(28)26-23(27)29/h1-8,11-13H,9-10H2,(H,26,28,29). The number of fused-ring (bicyclic) bond motifs is 1. The van der Waals surface area contributed by atoms with Crippen molar-refractivity contribution < 1.29 is 13.9 Å². The number of hydrogen-bond donors (Lipinski definition) is 1. The van der Waals surface area contributed by atoms with Gasteiger partial charge in [-0.3, -0.25) is 14.3 Å². The van der Waals surface area contributed by atoms with Crippen LogP contribution in [-0.2, 0) is 6.54 Å². The average molecular weight is 417 g/mol. The van der Waals surface area contributed by atoms with Gasteiger partial charge in [-0.25, -0.2) is 9.18 Å². The predicted octanol–water partition coefficient (Wildman–Crippen LogP) is 3.57. The van der Waals surface area contributed by atoms with Gasteiger partial charge < -0.3 is 9.47 Å². The number of halogens is 1. The van der Waals surface area contributed by atoms with Crippen LogP contribution in [0.5, 0.6) is 17.2 Å². The number of hydrogen-bond acceptors (Lipinski definition) is 5. The average Bonchev–Trinajstić information content (AvgIpc) is 2.75. The van der Waals surface area contributed by atoms with E-state index in [0.29, 0.717) is 27.8 Å². The first-order valence-corrected chi connectivity index (χ1v) is 9.36. The summed E-state index contributed by atoms with van der Waals surface area (Å²) in [7, 11) is 0. The molecule has 0 saturated heterocycles. The van der Waals surface area contributed by atoms with Crippen LogP contribution in [0.4, 0.5) is 4.39 Å². The number of benzene rings is 3. The maximum absolute atomic E-state index is 14.1. The van der Waals surface area contributed by atoms with Crippen molar-refractivity contribution in [2.75, 3.05) is 6.61 Å². The van der Waals surface area contributed by atoms with Gasteiger partial charge in [0, 0.05) is 23.7 Å². The molecule has 0 radical (unpaired) electrons. The number of nitrogens with one attached hydrogen (secondary N) is 1. The lowest BCUT2D eigenvalue weighted by molar-refractivity contribution is 0.283. The van der Waals surface area contributed by atoms with Crippen molar-refractivity contribution in [2.45, 2.75) is 6.54 Å². The zero-order chi connectivity index (χ0) is 21.8. The zero-order valence-corrected chi connectivity index (χ0v) is 16.2. The summed E-state index contributed by atoms with van der Waals surface area (Å²) < 4.78 is 27.2. The summed E-state index contributed by atoms with van der Waals surface area (Å²) in [6.07, 6.45) is 1.39. The minimum atomic E-state index is -0.524. The molecule has 0 saturated carbocycles. The quantitative estimate of drug-likeness (QED) is 0.517. The van der Waals surface area contributed by atoms with Gasteiger partial charge in [-0.2, -0.15) is 5.26 Å². The predicted molar refractivity (Wildman–Crippen MR) is 112 cm³/mol. The fourth-order valence-electron chi connectivity index (χ4n) is 3.10. The van der Waals surface area contributed by atoms with Gasteiger partial charge in [0.2, 0.25) is 0 Å². The minimum absolute atomic E-state index is 0.141. The highest BCUT2D eigenvalue weighted by molar-refractivity contribution is 5.89. The molecular formula is C23H16FN3O4. The summed E-state index contributed by atoms with van der Waals surface area (Å²) in [5.41, 5.74) is -0.570. The molecule has 0 bridgehead atoms. The van der Waals surface area contributed by atoms with Crippen LogP contribution in [-0.4, -0.2) is 16.2 Å². The summed E-state index contributed by atoms with van der Waals surface area (Å²) in [6.45, 7) is 0.353. The van der Waals surface area contributed by atoms with Crippen LogP contribution in [0.25, 0.3) is 10.8 Å². The fourth-order valence-corrected chi connectivity index (χ4v) is 3.10. The summed E-state index contributed by atoms with van der Waals surface area (Å²) >= 11 is 0. The SMILES string of the molecule is N#Cc1ccc2c(Oc3ccccc3OCCn3ccc(=O)[nH]c3=O)cc(F)cc2c1. The Balaban J connectivity index is 1.57. The molecule has 0 aliphatic carbocycles. The van der Waals surface area contributed by atoms with E-state index in [1.807, 2.05) is 6.07 Å². The lowest BCUT2D eigenvalue weighted by atomic mass is 10.1. The van der Waals surface area contributed by atoms with Crippen molar-refractivity contribution in [2.24, 2.45) is 0 Å². The van der Waals surface area contributed by atoms with E-state index in [-0.39, 0.29) is 18.9 Å². The molecule has 154 valence electrons. The Morgan fingerprint density at radius 2 is 1.81 bits per heavy atom. The van der Waals surface area contributed by atoms with Crippen LogP contribution in [0.1, 0.15) is 5.56 Å². The van der Waals surface area contributed by atoms with Crippen molar-refractivity contribution >= 4 is 10.8 Å². The molecule has 3 aromatic carbocycles. The Morgan fingerprint density at radius 1 is 1.00 bits per heavy atom. The minimum Gasteiger partial charge on any atom is -0.488 e. The molecule has 4 aromatic rings. The molecule has 0 atom stereocenters. The number of nitriles is 1. The Hall–Kier alpha value is -4.38. The summed E-state index contributed by atoms with van der Waals surface area (Å²) in [6, 6.07) is 17.7. The molecule has 0 unspecified atom stereocenters. The summed E-state index contributed by atoms with van der Waals surface area (Å²) in [5.74, 6) is 0.569. The lowest BCUT2D eigenvalue weighted by Gasteiger charge is -2.14. The topological polar surface area (TPSA) is 97.1 Å². The fraction of sp³-hybridized carbons (Fsp3) is 0.0870. The van der Waals surface area contributed by atoms with Crippen LogP contribution in [0, 0.1) is 17.1 Å². The number of nitrogens with zero attached hydrogens (tertiary/aromatic N) is 2. The van der Waals surface area contributed by atoms with E-state index in [2.05, 4.69) is 4.98 Å². The third kappa shape index (κ3) is 4.46. The van der Waals surface area contributed by atoms with E-state index in [4.69, 9.17) is 14.7 Å². The van der Waals surface area contributed by atoms with E-state index < -0.39 is 17.1 Å². The van der Waals surface area contributed by atoms with Crippen molar-refractivity contribution in [3.05, 3.63) is 99.1 Å². The smallest absolute Gasteiger partial charge is 0.328 e. The van der Waals surface area contributed by atoms with Crippen LogP contribution in [0.3, 0.4) is 0 Å². The first-order chi connectivity index (χ1) is 15.0. The number of ether oxygens (including phenoxy) is 2. The van der Waals surface area contributed by atoms with E-state index in [9.17, 15) is 14.0 Å². The first kappa shape index (κ1) is 19.9. The molecule has 7 nitrogen and oxygen atoms in total. The maximum atomic E-state index is 14.1. The van der Waals surface area contributed by atoms with Crippen LogP contribution in [0.15, 0.2) is 76.4 Å². The zero-order valence-electron chi connectivity index (χ0n) is 16.2.